The molecule has 1 rings (SSSR count). The van der Waals surface area contributed by atoms with Crippen LogP contribution in [0.15, 0.2) is 23.9 Å². The third-order valence-corrected chi connectivity index (χ3v) is 1.53. The first-order chi connectivity index (χ1) is 4.22. The number of halogens is 1. The van der Waals surface area contributed by atoms with Crippen LogP contribution in [0.25, 0.3) is 0 Å². The Morgan fingerprint density at radius 1 is 1.78 bits per heavy atom. The minimum atomic E-state index is -0.656. The summed E-state index contributed by atoms with van der Waals surface area (Å²) in [5.74, 6) is 0. The first-order valence-electron chi connectivity index (χ1n) is 2.69. The Labute approximate surface area is 59.1 Å². The van der Waals surface area contributed by atoms with Crippen molar-refractivity contribution in [2.24, 2.45) is 0 Å². The third kappa shape index (κ3) is 1.26. The van der Waals surface area contributed by atoms with Crippen molar-refractivity contribution < 1.29 is 5.11 Å². The molecule has 0 fully saturated rings. The van der Waals surface area contributed by atoms with Crippen LogP contribution in [0, 0.1) is 0 Å². The molecular weight excluding hydrogens is 138 g/mol. The van der Waals surface area contributed by atoms with Gasteiger partial charge in [0.2, 0.25) is 0 Å². The van der Waals surface area contributed by atoms with Crippen LogP contribution in [-0.2, 0) is 0 Å². The van der Waals surface area contributed by atoms with Crippen molar-refractivity contribution in [1.82, 2.24) is 4.42 Å². The van der Waals surface area contributed by atoms with E-state index in [0.717, 1.165) is 5.57 Å². The van der Waals surface area contributed by atoms with Crippen molar-refractivity contribution in [3.8, 4) is 0 Å². The smallest absolute Gasteiger partial charge is 0.163 e. The lowest BCUT2D eigenvalue weighted by molar-refractivity contribution is 0.125. The maximum atomic E-state index is 9.12. The van der Waals surface area contributed by atoms with Crippen LogP contribution in [0.3, 0.4) is 0 Å². The second kappa shape index (κ2) is 2.42. The Balaban J connectivity index is 2.73. The van der Waals surface area contributed by atoms with Gasteiger partial charge in [0.15, 0.2) is 6.23 Å². The van der Waals surface area contributed by atoms with Crippen LogP contribution < -0.4 is 0 Å². The normalized spacial score (nSPS) is 26.3. The van der Waals surface area contributed by atoms with E-state index in [1.165, 1.54) is 4.42 Å². The molecule has 1 aliphatic heterocycles. The van der Waals surface area contributed by atoms with E-state index in [1.54, 1.807) is 12.3 Å². The summed E-state index contributed by atoms with van der Waals surface area (Å²) in [6.07, 6.45) is 4.56. The van der Waals surface area contributed by atoms with Crippen LogP contribution in [0.2, 0.25) is 0 Å². The molecule has 1 heterocycles. The fourth-order valence-electron chi connectivity index (χ4n) is 0.639. The average Bonchev–Trinajstić information content (AvgIpc) is 1.83. The molecule has 0 saturated carbocycles. The Bertz CT molecular complexity index is 164. The molecule has 0 bridgehead atoms. The standard InChI is InChI=1S/C6H8ClNO/c1-5-3-2-4-8(7)6(5)9/h2-4,6,9H,1H3. The van der Waals surface area contributed by atoms with Crippen LogP contribution in [0.5, 0.6) is 0 Å². The van der Waals surface area contributed by atoms with Gasteiger partial charge >= 0.3 is 0 Å². The third-order valence-electron chi connectivity index (χ3n) is 1.23. The monoisotopic (exact) mass is 145 g/mol. The molecule has 0 saturated heterocycles. The average molecular weight is 146 g/mol. The van der Waals surface area contributed by atoms with E-state index in [-0.39, 0.29) is 0 Å². The zero-order chi connectivity index (χ0) is 6.85. The first kappa shape index (κ1) is 6.65. The number of allylic oxidation sites excluding steroid dienone is 2. The van der Waals surface area contributed by atoms with E-state index in [1.807, 2.05) is 13.0 Å². The van der Waals surface area contributed by atoms with Gasteiger partial charge in [0.1, 0.15) is 0 Å². The van der Waals surface area contributed by atoms with Crippen molar-refractivity contribution in [3.63, 3.8) is 0 Å². The maximum Gasteiger partial charge on any atom is 0.163 e. The van der Waals surface area contributed by atoms with Gasteiger partial charge in [-0.1, -0.05) is 6.08 Å². The van der Waals surface area contributed by atoms with Gasteiger partial charge in [-0.05, 0) is 18.6 Å². The van der Waals surface area contributed by atoms with E-state index in [4.69, 9.17) is 16.9 Å². The Morgan fingerprint density at radius 3 is 2.89 bits per heavy atom. The minimum absolute atomic E-state index is 0.656. The summed E-state index contributed by atoms with van der Waals surface area (Å²) < 4.78 is 1.23. The highest BCUT2D eigenvalue weighted by Gasteiger charge is 2.12. The van der Waals surface area contributed by atoms with Crippen molar-refractivity contribution in [3.05, 3.63) is 23.9 Å². The zero-order valence-corrected chi connectivity index (χ0v) is 5.84. The summed E-state index contributed by atoms with van der Waals surface area (Å²) in [6.45, 7) is 1.82. The Kier molecular flexibility index (Phi) is 1.78. The molecule has 2 nitrogen and oxygen atoms in total. The fraction of sp³-hybridized carbons (Fsp3) is 0.333. The van der Waals surface area contributed by atoms with Crippen molar-refractivity contribution in [1.29, 1.82) is 0 Å². The maximum absolute atomic E-state index is 9.12. The molecule has 0 spiro atoms. The second-order valence-corrected chi connectivity index (χ2v) is 2.36. The summed E-state index contributed by atoms with van der Waals surface area (Å²) in [5.41, 5.74) is 0.854. The molecule has 9 heavy (non-hydrogen) atoms. The highest BCUT2D eigenvalue weighted by atomic mass is 35.5. The molecule has 0 aromatic rings. The fourth-order valence-corrected chi connectivity index (χ4v) is 0.858. The van der Waals surface area contributed by atoms with E-state index < -0.39 is 6.23 Å². The van der Waals surface area contributed by atoms with Gasteiger partial charge in [0.05, 0.1) is 0 Å². The highest BCUT2D eigenvalue weighted by Crippen LogP contribution is 2.14. The largest absolute Gasteiger partial charge is 0.368 e. The summed E-state index contributed by atoms with van der Waals surface area (Å²) in [7, 11) is 0. The molecule has 0 radical (unpaired) electrons. The van der Waals surface area contributed by atoms with Crippen molar-refractivity contribution in [2.45, 2.75) is 13.2 Å². The van der Waals surface area contributed by atoms with Gasteiger partial charge in [0.25, 0.3) is 0 Å². The van der Waals surface area contributed by atoms with Crippen LogP contribution in [0.4, 0.5) is 0 Å². The number of aliphatic hydroxyl groups is 1. The lowest BCUT2D eigenvalue weighted by Gasteiger charge is -2.21. The zero-order valence-electron chi connectivity index (χ0n) is 5.08. The van der Waals surface area contributed by atoms with Gasteiger partial charge < -0.3 is 5.11 Å². The predicted molar refractivity (Wildman–Crippen MR) is 36.6 cm³/mol. The summed E-state index contributed by atoms with van der Waals surface area (Å²) >= 11 is 5.52. The Morgan fingerprint density at radius 2 is 2.44 bits per heavy atom. The lowest BCUT2D eigenvalue weighted by Crippen LogP contribution is -2.24. The summed E-state index contributed by atoms with van der Waals surface area (Å²) in [6, 6.07) is 0. The number of aliphatic hydroxyl groups excluding tert-OH is 1. The predicted octanol–water partition coefficient (Wildman–Crippen LogP) is 1.23. The SMILES string of the molecule is CC1=CC=CN(Cl)C1O. The highest BCUT2D eigenvalue weighted by molar-refractivity contribution is 6.14. The number of hydrogen-bond acceptors (Lipinski definition) is 2. The quantitative estimate of drug-likeness (QED) is 0.519. The first-order valence-corrected chi connectivity index (χ1v) is 3.03. The van der Waals surface area contributed by atoms with Crippen LogP contribution in [0.1, 0.15) is 6.92 Å². The molecule has 50 valence electrons. The molecule has 1 atom stereocenters. The van der Waals surface area contributed by atoms with E-state index in [2.05, 4.69) is 0 Å². The molecular formula is C6H8ClNO. The number of hydrogen-bond donors (Lipinski definition) is 1. The van der Waals surface area contributed by atoms with Crippen molar-refractivity contribution >= 4 is 11.8 Å². The molecule has 1 unspecified atom stereocenters. The van der Waals surface area contributed by atoms with Gasteiger partial charge in [0, 0.05) is 18.0 Å². The molecule has 0 aliphatic carbocycles. The van der Waals surface area contributed by atoms with E-state index >= 15 is 0 Å². The second-order valence-electron chi connectivity index (χ2n) is 1.97. The molecule has 1 aliphatic rings. The van der Waals surface area contributed by atoms with Crippen LogP contribution in [-0.4, -0.2) is 15.8 Å². The van der Waals surface area contributed by atoms with Crippen LogP contribution >= 0.6 is 11.8 Å². The molecule has 1 N–H and O–H groups in total. The number of nitrogens with zero attached hydrogens (tertiary/aromatic N) is 1. The minimum Gasteiger partial charge on any atom is -0.368 e. The molecule has 0 aromatic carbocycles. The van der Waals surface area contributed by atoms with Gasteiger partial charge in [-0.3, -0.25) is 4.42 Å². The summed E-state index contributed by atoms with van der Waals surface area (Å²) in [4.78, 5) is 0. The molecule has 3 heteroatoms. The van der Waals surface area contributed by atoms with Gasteiger partial charge in [-0.25, -0.2) is 0 Å². The lowest BCUT2D eigenvalue weighted by atomic mass is 10.2. The van der Waals surface area contributed by atoms with Crippen molar-refractivity contribution in [2.75, 3.05) is 0 Å². The molecule has 0 amide bonds. The van der Waals surface area contributed by atoms with E-state index in [9.17, 15) is 0 Å². The van der Waals surface area contributed by atoms with Gasteiger partial charge in [-0.15, -0.1) is 0 Å². The number of rotatable bonds is 0. The Hall–Kier alpha value is -0.470. The van der Waals surface area contributed by atoms with Gasteiger partial charge in [-0.2, -0.15) is 0 Å². The summed E-state index contributed by atoms with van der Waals surface area (Å²) in [5, 5.41) is 9.12. The molecule has 0 aromatic heterocycles. The topological polar surface area (TPSA) is 23.5 Å². The van der Waals surface area contributed by atoms with E-state index in [0.29, 0.717) is 0 Å².